The first-order valence-electron chi connectivity index (χ1n) is 11.5. The molecular weight excluding hydrogens is 458 g/mol. The fourth-order valence-electron chi connectivity index (χ4n) is 4.09. The summed E-state index contributed by atoms with van der Waals surface area (Å²) in [4.78, 5) is 28.0. The Kier molecular flexibility index (Phi) is 7.26. The Hall–Kier alpha value is -3.27. The number of ether oxygens (including phenoxy) is 2. The molecule has 0 aromatic heterocycles. The van der Waals surface area contributed by atoms with Gasteiger partial charge < -0.3 is 19.7 Å². The molecule has 1 N–H and O–H groups in total. The van der Waals surface area contributed by atoms with Crippen molar-refractivity contribution in [2.24, 2.45) is 0 Å². The Balaban J connectivity index is 1.54. The van der Waals surface area contributed by atoms with Gasteiger partial charge in [-0.05, 0) is 44.0 Å². The highest BCUT2D eigenvalue weighted by Gasteiger charge is 2.27. The predicted molar refractivity (Wildman–Crippen MR) is 129 cm³/mol. The molecule has 34 heavy (non-hydrogen) atoms. The molecule has 9 nitrogen and oxygen atoms in total. The summed E-state index contributed by atoms with van der Waals surface area (Å²) in [6.07, 6.45) is 4.12. The quantitative estimate of drug-likeness (QED) is 0.643. The molecule has 2 aliphatic rings. The van der Waals surface area contributed by atoms with Gasteiger partial charge in [-0.1, -0.05) is 25.0 Å². The van der Waals surface area contributed by atoms with Gasteiger partial charge in [0.15, 0.2) is 11.5 Å². The Labute approximate surface area is 199 Å². The highest BCUT2D eigenvalue weighted by Crippen LogP contribution is 2.36. The lowest BCUT2D eigenvalue weighted by molar-refractivity contribution is -0.114. The molecule has 10 heteroatoms. The topological polar surface area (TPSA) is 105 Å². The summed E-state index contributed by atoms with van der Waals surface area (Å²) in [6, 6.07) is 11.5. The van der Waals surface area contributed by atoms with Gasteiger partial charge in [0.05, 0.1) is 22.7 Å². The van der Waals surface area contributed by atoms with Crippen LogP contribution >= 0.6 is 0 Å². The van der Waals surface area contributed by atoms with Gasteiger partial charge in [-0.3, -0.25) is 13.9 Å². The summed E-state index contributed by atoms with van der Waals surface area (Å²) in [5.41, 5.74) is 1.06. The van der Waals surface area contributed by atoms with E-state index in [0.29, 0.717) is 41.5 Å². The molecule has 0 saturated carbocycles. The summed E-state index contributed by atoms with van der Waals surface area (Å²) in [5.74, 6) is 0.0710. The fourth-order valence-corrected chi connectivity index (χ4v) is 5.15. The Morgan fingerprint density at radius 2 is 1.71 bits per heavy atom. The molecule has 0 aliphatic carbocycles. The maximum atomic E-state index is 13.2. The number of nitrogens with zero attached hydrogens (tertiary/aromatic N) is 2. The van der Waals surface area contributed by atoms with Crippen molar-refractivity contribution in [1.82, 2.24) is 4.90 Å². The summed E-state index contributed by atoms with van der Waals surface area (Å²) < 4.78 is 37.3. The van der Waals surface area contributed by atoms with Crippen molar-refractivity contribution in [2.45, 2.75) is 32.6 Å². The van der Waals surface area contributed by atoms with E-state index in [-0.39, 0.29) is 18.5 Å². The lowest BCUT2D eigenvalue weighted by Gasteiger charge is -2.24. The average molecular weight is 488 g/mol. The number of amides is 2. The summed E-state index contributed by atoms with van der Waals surface area (Å²) in [6.45, 7) is 2.51. The second-order valence-corrected chi connectivity index (χ2v) is 10.4. The van der Waals surface area contributed by atoms with Crippen molar-refractivity contribution in [3.8, 4) is 11.5 Å². The Bertz CT molecular complexity index is 1160. The van der Waals surface area contributed by atoms with Gasteiger partial charge >= 0.3 is 0 Å². The average Bonchev–Trinajstić information content (AvgIpc) is 3.14. The number of rotatable bonds is 7. The van der Waals surface area contributed by atoms with E-state index in [1.54, 1.807) is 42.5 Å². The lowest BCUT2D eigenvalue weighted by Crippen LogP contribution is -2.39. The van der Waals surface area contributed by atoms with E-state index in [9.17, 15) is 18.0 Å². The molecule has 2 aromatic carbocycles. The van der Waals surface area contributed by atoms with E-state index in [0.717, 1.165) is 30.0 Å². The molecule has 182 valence electrons. The van der Waals surface area contributed by atoms with Crippen molar-refractivity contribution in [1.29, 1.82) is 0 Å². The molecule has 2 heterocycles. The first kappa shape index (κ1) is 23.9. The molecule has 1 fully saturated rings. The van der Waals surface area contributed by atoms with Gasteiger partial charge in [-0.15, -0.1) is 0 Å². The van der Waals surface area contributed by atoms with Crippen LogP contribution in [0.4, 0.5) is 11.4 Å². The maximum absolute atomic E-state index is 13.2. The number of anilines is 2. The van der Waals surface area contributed by atoms with Crippen LogP contribution < -0.4 is 19.1 Å². The number of carbonyl (C=O) groups is 2. The third-order valence-electron chi connectivity index (χ3n) is 5.96. The number of hydrogen-bond acceptors (Lipinski definition) is 6. The van der Waals surface area contributed by atoms with Gasteiger partial charge in [0, 0.05) is 19.2 Å². The van der Waals surface area contributed by atoms with Crippen LogP contribution in [-0.4, -0.2) is 57.3 Å². The number of carbonyl (C=O) groups excluding carboxylic acids is 2. The summed E-state index contributed by atoms with van der Waals surface area (Å²) >= 11 is 0. The minimum atomic E-state index is -3.76. The second kappa shape index (κ2) is 10.3. The largest absolute Gasteiger partial charge is 0.454 e. The van der Waals surface area contributed by atoms with Crippen molar-refractivity contribution in [3.63, 3.8) is 0 Å². The van der Waals surface area contributed by atoms with Crippen LogP contribution in [-0.2, 0) is 14.8 Å². The molecule has 4 rings (SSSR count). The molecule has 0 unspecified atom stereocenters. The van der Waals surface area contributed by atoms with Gasteiger partial charge in [-0.25, -0.2) is 8.42 Å². The van der Waals surface area contributed by atoms with Crippen molar-refractivity contribution in [2.75, 3.05) is 41.8 Å². The predicted octanol–water partition coefficient (Wildman–Crippen LogP) is 3.23. The number of benzene rings is 2. The van der Waals surface area contributed by atoms with Crippen LogP contribution in [0.15, 0.2) is 42.5 Å². The molecule has 2 aromatic rings. The monoisotopic (exact) mass is 487 g/mol. The van der Waals surface area contributed by atoms with Crippen LogP contribution in [0.1, 0.15) is 43.0 Å². The first-order chi connectivity index (χ1) is 16.4. The maximum Gasteiger partial charge on any atom is 0.255 e. The molecule has 0 bridgehead atoms. The van der Waals surface area contributed by atoms with E-state index >= 15 is 0 Å². The van der Waals surface area contributed by atoms with Crippen LogP contribution in [0, 0.1) is 0 Å². The number of nitrogens with one attached hydrogen (secondary N) is 1. The second-order valence-electron chi connectivity index (χ2n) is 8.24. The standard InChI is InChI=1S/C24H29N3O6S/c1-2-34(30,31)27(18-11-12-21-22(15-18)33-17-32-21)16-23(28)25-20-10-6-5-9-19(20)24(29)26-13-7-3-4-8-14-26/h5-6,9-12,15H,2-4,7-8,13-14,16-17H2,1H3,(H,25,28). The van der Waals surface area contributed by atoms with Gasteiger partial charge in [0.25, 0.3) is 5.91 Å². The Morgan fingerprint density at radius 3 is 2.44 bits per heavy atom. The first-order valence-corrected chi connectivity index (χ1v) is 13.1. The molecule has 0 spiro atoms. The van der Waals surface area contributed by atoms with E-state index in [4.69, 9.17) is 9.47 Å². The summed E-state index contributed by atoms with van der Waals surface area (Å²) in [7, 11) is -3.76. The van der Waals surface area contributed by atoms with Crippen molar-refractivity contribution in [3.05, 3.63) is 48.0 Å². The number of hydrogen-bond donors (Lipinski definition) is 1. The van der Waals surface area contributed by atoms with E-state index in [1.165, 1.54) is 6.92 Å². The summed E-state index contributed by atoms with van der Waals surface area (Å²) in [5, 5.41) is 2.75. The van der Waals surface area contributed by atoms with Crippen LogP contribution in [0.3, 0.4) is 0 Å². The smallest absolute Gasteiger partial charge is 0.255 e. The SMILES string of the molecule is CCS(=O)(=O)N(CC(=O)Nc1ccccc1C(=O)N1CCCCCC1)c1ccc2c(c1)OCO2. The minimum Gasteiger partial charge on any atom is -0.454 e. The molecule has 2 aliphatic heterocycles. The Morgan fingerprint density at radius 1 is 1.00 bits per heavy atom. The highest BCUT2D eigenvalue weighted by atomic mass is 32.2. The number of sulfonamides is 1. The van der Waals surface area contributed by atoms with E-state index in [2.05, 4.69) is 5.32 Å². The van der Waals surface area contributed by atoms with E-state index < -0.39 is 22.5 Å². The fraction of sp³-hybridized carbons (Fsp3) is 0.417. The molecule has 0 radical (unpaired) electrons. The molecule has 1 saturated heterocycles. The lowest BCUT2D eigenvalue weighted by atomic mass is 10.1. The molecule has 0 atom stereocenters. The van der Waals surface area contributed by atoms with Gasteiger partial charge in [-0.2, -0.15) is 0 Å². The van der Waals surface area contributed by atoms with E-state index in [1.807, 2.05) is 4.90 Å². The number of likely N-dealkylation sites (tertiary alicyclic amines) is 1. The van der Waals surface area contributed by atoms with Crippen LogP contribution in [0.25, 0.3) is 0 Å². The minimum absolute atomic E-state index is 0.0572. The zero-order chi connectivity index (χ0) is 24.1. The van der Waals surface area contributed by atoms with Gasteiger partial charge in [0.1, 0.15) is 6.54 Å². The number of para-hydroxylation sites is 1. The van der Waals surface area contributed by atoms with Crippen molar-refractivity contribution < 1.29 is 27.5 Å². The van der Waals surface area contributed by atoms with Crippen molar-refractivity contribution >= 4 is 33.2 Å². The zero-order valence-electron chi connectivity index (χ0n) is 19.2. The highest BCUT2D eigenvalue weighted by molar-refractivity contribution is 7.92. The number of fused-ring (bicyclic) bond motifs is 1. The van der Waals surface area contributed by atoms with Crippen LogP contribution in [0.5, 0.6) is 11.5 Å². The molecular formula is C24H29N3O6S. The third kappa shape index (κ3) is 5.27. The normalized spacial score (nSPS) is 15.5. The third-order valence-corrected chi connectivity index (χ3v) is 7.70. The zero-order valence-corrected chi connectivity index (χ0v) is 20.0. The molecule has 2 amide bonds. The van der Waals surface area contributed by atoms with Gasteiger partial charge in [0.2, 0.25) is 22.7 Å². The van der Waals surface area contributed by atoms with Crippen LogP contribution in [0.2, 0.25) is 0 Å².